The summed E-state index contributed by atoms with van der Waals surface area (Å²) in [5.41, 5.74) is 2.55. The Morgan fingerprint density at radius 3 is 2.16 bits per heavy atom. The first-order chi connectivity index (χ1) is 23.1. The van der Waals surface area contributed by atoms with E-state index in [4.69, 9.17) is 18.6 Å². The minimum Gasteiger partial charge on any atom is -0.467 e. The quantitative estimate of drug-likeness (QED) is 0.115. The molecule has 3 N–H and O–H groups in total. The summed E-state index contributed by atoms with van der Waals surface area (Å²) >= 11 is 1.24. The normalized spacial score (nSPS) is 12.6. The van der Waals surface area contributed by atoms with Crippen LogP contribution in [0, 0.1) is 0 Å². The van der Waals surface area contributed by atoms with Crippen molar-refractivity contribution in [3.05, 3.63) is 76.8 Å². The summed E-state index contributed by atoms with van der Waals surface area (Å²) in [5.74, 6) is -2.81. The van der Waals surface area contributed by atoms with E-state index in [1.807, 2.05) is 64.2 Å². The summed E-state index contributed by atoms with van der Waals surface area (Å²) in [6.07, 6.45) is -0.532. The number of ether oxygens (including phenoxy) is 3. The first-order valence-corrected chi connectivity index (χ1v) is 19.3. The summed E-state index contributed by atoms with van der Waals surface area (Å²) in [6, 6.07) is 14.2. The van der Waals surface area contributed by atoms with Crippen molar-refractivity contribution in [1.29, 1.82) is 0 Å². The maximum atomic E-state index is 13.4. The van der Waals surface area contributed by atoms with Crippen LogP contribution in [0.3, 0.4) is 0 Å². The lowest BCUT2D eigenvalue weighted by atomic mass is 10.1. The highest BCUT2D eigenvalue weighted by Crippen LogP contribution is 2.36. The molecule has 0 aliphatic carbocycles. The molecule has 2 aromatic carbocycles. The number of thiazole rings is 1. The lowest BCUT2D eigenvalue weighted by Crippen LogP contribution is -2.56. The topological polar surface area (TPSA) is 171 Å². The molecule has 0 saturated heterocycles. The second-order valence-electron chi connectivity index (χ2n) is 12.6. The lowest BCUT2D eigenvalue weighted by Gasteiger charge is -2.37. The van der Waals surface area contributed by atoms with Crippen LogP contribution in [-0.4, -0.2) is 75.6 Å². The number of carbonyl (C=O) groups is 5. The number of aromatic nitrogens is 1. The van der Waals surface area contributed by atoms with Gasteiger partial charge in [0.1, 0.15) is 30.0 Å². The highest BCUT2D eigenvalue weighted by Gasteiger charge is 2.39. The number of hydrogen-bond donors (Lipinski definition) is 3. The molecule has 13 nitrogen and oxygen atoms in total. The number of alkyl carbamates (subject to hydrolysis) is 1. The van der Waals surface area contributed by atoms with Gasteiger partial charge in [0, 0.05) is 24.4 Å². The summed E-state index contributed by atoms with van der Waals surface area (Å²) in [5, 5.41) is 9.84. The van der Waals surface area contributed by atoms with Crippen molar-refractivity contribution >= 4 is 49.5 Å². The number of hydrogen-bond acceptors (Lipinski definition) is 11. The van der Waals surface area contributed by atoms with Crippen LogP contribution < -0.4 is 16.0 Å². The van der Waals surface area contributed by atoms with E-state index in [-0.39, 0.29) is 23.9 Å². The van der Waals surface area contributed by atoms with Gasteiger partial charge >= 0.3 is 18.0 Å². The Morgan fingerprint density at radius 2 is 1.55 bits per heavy atom. The molecule has 0 saturated carbocycles. The van der Waals surface area contributed by atoms with Gasteiger partial charge in [0.05, 0.1) is 13.7 Å². The Hall–Kier alpha value is -4.60. The van der Waals surface area contributed by atoms with Crippen LogP contribution in [0.4, 0.5) is 4.79 Å². The average molecular weight is 713 g/mol. The summed E-state index contributed by atoms with van der Waals surface area (Å²) in [7, 11) is -1.21. The molecule has 3 rings (SSSR count). The molecule has 2 atom stereocenters. The highest BCUT2D eigenvalue weighted by atomic mass is 32.1. The van der Waals surface area contributed by atoms with Gasteiger partial charge in [-0.3, -0.25) is 14.4 Å². The van der Waals surface area contributed by atoms with Gasteiger partial charge in [0.25, 0.3) is 5.91 Å². The molecular weight excluding hydrogens is 669 g/mol. The van der Waals surface area contributed by atoms with Gasteiger partial charge in [0.15, 0.2) is 14.4 Å². The van der Waals surface area contributed by atoms with Crippen LogP contribution in [0.25, 0.3) is 10.6 Å². The third-order valence-electron chi connectivity index (χ3n) is 7.88. The third kappa shape index (κ3) is 12.1. The molecule has 0 aliphatic rings. The molecule has 0 aliphatic heterocycles. The minimum absolute atomic E-state index is 0.0739. The molecule has 49 heavy (non-hydrogen) atoms. The van der Waals surface area contributed by atoms with Crippen molar-refractivity contribution < 1.29 is 42.6 Å². The summed E-state index contributed by atoms with van der Waals surface area (Å²) in [4.78, 5) is 67.0. The van der Waals surface area contributed by atoms with Gasteiger partial charge in [-0.15, -0.1) is 11.3 Å². The number of rotatable bonds is 15. The van der Waals surface area contributed by atoms with Gasteiger partial charge < -0.3 is 34.6 Å². The Kier molecular flexibility index (Phi) is 14.0. The van der Waals surface area contributed by atoms with Crippen LogP contribution in [0.2, 0.25) is 18.1 Å². The molecule has 0 radical (unpaired) electrons. The molecule has 0 spiro atoms. The van der Waals surface area contributed by atoms with Crippen molar-refractivity contribution in [3.8, 4) is 10.6 Å². The van der Waals surface area contributed by atoms with Gasteiger partial charge in [-0.25, -0.2) is 14.6 Å². The number of nitrogens with zero attached hydrogens (tertiary/aromatic N) is 1. The predicted molar refractivity (Wildman–Crippen MR) is 186 cm³/mol. The predicted octanol–water partition coefficient (Wildman–Crippen LogP) is 4.58. The van der Waals surface area contributed by atoms with Crippen LogP contribution in [0.5, 0.6) is 0 Å². The number of methoxy groups -OCH3 is 1. The van der Waals surface area contributed by atoms with Crippen LogP contribution in [-0.2, 0) is 46.2 Å². The van der Waals surface area contributed by atoms with Crippen molar-refractivity contribution in [2.45, 2.75) is 71.1 Å². The van der Waals surface area contributed by atoms with E-state index >= 15 is 0 Å². The molecule has 1 heterocycles. The fourth-order valence-corrected chi connectivity index (χ4v) is 5.75. The van der Waals surface area contributed by atoms with Gasteiger partial charge in [-0.2, -0.15) is 0 Å². The van der Waals surface area contributed by atoms with Crippen LogP contribution in [0.15, 0.2) is 60.0 Å². The first-order valence-electron chi connectivity index (χ1n) is 15.6. The Balaban J connectivity index is 1.66. The molecule has 3 aromatic rings. The molecule has 264 valence electrons. The van der Waals surface area contributed by atoms with Crippen molar-refractivity contribution in [2.24, 2.45) is 0 Å². The second-order valence-corrected chi connectivity index (χ2v) is 18.3. The van der Waals surface area contributed by atoms with Crippen LogP contribution in [0.1, 0.15) is 49.3 Å². The van der Waals surface area contributed by atoms with Gasteiger partial charge in [-0.1, -0.05) is 75.4 Å². The largest absolute Gasteiger partial charge is 0.467 e. The third-order valence-corrected chi connectivity index (χ3v) is 13.3. The Labute approximate surface area is 291 Å². The van der Waals surface area contributed by atoms with E-state index in [1.54, 1.807) is 29.6 Å². The zero-order chi connectivity index (χ0) is 36.2. The summed E-state index contributed by atoms with van der Waals surface area (Å²) < 4.78 is 21.2. The number of esters is 2. The standard InChI is InChI=1S/C34H44N4O9SSi/c1-22(39)45-19-27(32(42)44-5)37-29(40)26(20-47-49(6,7)34(2,3)4)36-30(41)28-21-48-31(38-28)25-15-13-24(14-16-25)18-46-33(43)35-17-23-11-9-8-10-12-23/h8-16,21,26-27H,17-20H2,1-7H3,(H,35,43)(H,36,41)(H,37,40)/t26-,27-/m0/s1. The SMILES string of the molecule is COC(=O)[C@H](COC(C)=O)NC(=O)[C@H](CO[Si](C)(C)C(C)(C)C)NC(=O)c1csc(-c2ccc(COC(=O)NCc3ccccc3)cc2)n1. The van der Waals surface area contributed by atoms with E-state index in [1.165, 1.54) is 18.3 Å². The zero-order valence-corrected chi connectivity index (χ0v) is 30.6. The Morgan fingerprint density at radius 1 is 0.878 bits per heavy atom. The maximum Gasteiger partial charge on any atom is 0.407 e. The van der Waals surface area contributed by atoms with Crippen molar-refractivity contribution in [1.82, 2.24) is 20.9 Å². The monoisotopic (exact) mass is 712 g/mol. The lowest BCUT2D eigenvalue weighted by molar-refractivity contribution is -0.151. The molecule has 0 fully saturated rings. The maximum absolute atomic E-state index is 13.4. The van der Waals surface area contributed by atoms with Crippen molar-refractivity contribution in [2.75, 3.05) is 20.3 Å². The van der Waals surface area contributed by atoms with E-state index in [9.17, 15) is 24.0 Å². The Bertz CT molecular complexity index is 1590. The van der Waals surface area contributed by atoms with E-state index in [0.29, 0.717) is 11.6 Å². The molecule has 0 bridgehead atoms. The minimum atomic E-state index is -2.36. The van der Waals surface area contributed by atoms with Gasteiger partial charge in [-0.05, 0) is 29.3 Å². The number of nitrogens with one attached hydrogen (secondary N) is 3. The van der Waals surface area contributed by atoms with E-state index in [2.05, 4.69) is 20.9 Å². The van der Waals surface area contributed by atoms with Crippen LogP contribution >= 0.6 is 11.3 Å². The zero-order valence-electron chi connectivity index (χ0n) is 28.8. The molecular formula is C34H44N4O9SSi. The molecule has 3 amide bonds. The number of carbonyl (C=O) groups excluding carboxylic acids is 5. The molecule has 1 aromatic heterocycles. The van der Waals surface area contributed by atoms with Gasteiger partial charge in [0.2, 0.25) is 5.91 Å². The van der Waals surface area contributed by atoms with E-state index in [0.717, 1.165) is 23.8 Å². The number of benzene rings is 2. The molecule has 0 unspecified atom stereocenters. The molecule has 15 heteroatoms. The fourth-order valence-electron chi connectivity index (χ4n) is 3.93. The summed E-state index contributed by atoms with van der Waals surface area (Å²) in [6.45, 7) is 11.1. The highest BCUT2D eigenvalue weighted by molar-refractivity contribution is 7.13. The van der Waals surface area contributed by atoms with Crippen molar-refractivity contribution in [3.63, 3.8) is 0 Å². The second kappa shape index (κ2) is 17.7. The number of amides is 3. The fraction of sp³-hybridized carbons (Fsp3) is 0.412. The van der Waals surface area contributed by atoms with E-state index < -0.39 is 56.9 Å². The smallest absolute Gasteiger partial charge is 0.407 e. The first kappa shape index (κ1) is 38.8. The average Bonchev–Trinajstić information content (AvgIpc) is 3.57.